The molecule has 4 nitrogen and oxygen atoms in total. The highest BCUT2D eigenvalue weighted by Crippen LogP contribution is 2.42. The van der Waals surface area contributed by atoms with E-state index in [9.17, 15) is 13.5 Å². The van der Waals surface area contributed by atoms with Crippen LogP contribution in [0.5, 0.6) is 0 Å². The fraction of sp³-hybridized carbons (Fsp3) is 0.684. The average Bonchev–Trinajstić information content (AvgIpc) is 3.41. The molecule has 0 spiro atoms. The van der Waals surface area contributed by atoms with E-state index in [1.54, 1.807) is 0 Å². The maximum absolute atomic E-state index is 11.7. The van der Waals surface area contributed by atoms with Crippen molar-refractivity contribution in [3.05, 3.63) is 35.4 Å². The van der Waals surface area contributed by atoms with Crippen molar-refractivity contribution in [3.8, 4) is 0 Å². The molecule has 1 N–H and O–H groups in total. The molecule has 2 fully saturated rings. The summed E-state index contributed by atoms with van der Waals surface area (Å²) in [7, 11) is -2.95. The molecule has 1 unspecified atom stereocenters. The van der Waals surface area contributed by atoms with E-state index in [1.165, 1.54) is 30.4 Å². The van der Waals surface area contributed by atoms with Crippen LogP contribution < -0.4 is 0 Å². The molecule has 1 saturated carbocycles. The van der Waals surface area contributed by atoms with E-state index in [2.05, 4.69) is 29.2 Å². The summed E-state index contributed by atoms with van der Waals surface area (Å²) in [5.41, 5.74) is 2.01. The number of nitrogens with zero attached hydrogens (tertiary/aromatic N) is 1. The Kier molecular flexibility index (Phi) is 4.22. The van der Waals surface area contributed by atoms with E-state index in [0.717, 1.165) is 12.8 Å². The van der Waals surface area contributed by atoms with Gasteiger partial charge in [0.1, 0.15) is 0 Å². The van der Waals surface area contributed by atoms with Crippen molar-refractivity contribution >= 4 is 9.84 Å². The lowest BCUT2D eigenvalue weighted by Crippen LogP contribution is -2.50. The van der Waals surface area contributed by atoms with Gasteiger partial charge in [0.2, 0.25) is 0 Å². The summed E-state index contributed by atoms with van der Waals surface area (Å²) >= 11 is 0. The van der Waals surface area contributed by atoms with Crippen molar-refractivity contribution in [2.75, 3.05) is 18.1 Å². The Labute approximate surface area is 144 Å². The molecule has 0 aromatic heterocycles. The van der Waals surface area contributed by atoms with Crippen LogP contribution in [0.25, 0.3) is 0 Å². The first-order chi connectivity index (χ1) is 11.5. The third kappa shape index (κ3) is 3.39. The lowest BCUT2D eigenvalue weighted by molar-refractivity contribution is -0.0221. The Bertz CT molecular complexity index is 697. The number of hydrogen-bond acceptors (Lipinski definition) is 4. The normalized spacial score (nSPS) is 28.5. The van der Waals surface area contributed by atoms with E-state index in [1.807, 2.05) is 0 Å². The van der Waals surface area contributed by atoms with Gasteiger partial charge < -0.3 is 5.11 Å². The number of benzene rings is 1. The van der Waals surface area contributed by atoms with Crippen LogP contribution in [0.4, 0.5) is 0 Å². The fourth-order valence-electron chi connectivity index (χ4n) is 4.39. The summed E-state index contributed by atoms with van der Waals surface area (Å²) in [5, 5.41) is 11.0. The summed E-state index contributed by atoms with van der Waals surface area (Å²) in [6.45, 7) is 0.617. The number of hydrogen-bond donors (Lipinski definition) is 1. The van der Waals surface area contributed by atoms with Crippen LogP contribution >= 0.6 is 0 Å². The van der Waals surface area contributed by atoms with Crippen molar-refractivity contribution in [2.45, 2.75) is 62.6 Å². The number of fused-ring (bicyclic) bond motifs is 1. The molecule has 0 radical (unpaired) electrons. The van der Waals surface area contributed by atoms with E-state index < -0.39 is 15.4 Å². The van der Waals surface area contributed by atoms with E-state index in [-0.39, 0.29) is 11.5 Å². The minimum absolute atomic E-state index is 0.128. The Morgan fingerprint density at radius 2 is 1.83 bits per heavy atom. The molecule has 24 heavy (non-hydrogen) atoms. The monoisotopic (exact) mass is 349 g/mol. The highest BCUT2D eigenvalue weighted by Gasteiger charge is 2.43. The molecule has 1 heterocycles. The van der Waals surface area contributed by atoms with Gasteiger partial charge >= 0.3 is 0 Å². The van der Waals surface area contributed by atoms with Gasteiger partial charge in [-0.3, -0.25) is 4.90 Å². The summed E-state index contributed by atoms with van der Waals surface area (Å²) in [6.07, 6.45) is 6.65. The van der Waals surface area contributed by atoms with Gasteiger partial charge in [0.05, 0.1) is 17.1 Å². The number of rotatable bonds is 4. The van der Waals surface area contributed by atoms with Gasteiger partial charge in [-0.2, -0.15) is 0 Å². The molecule has 1 atom stereocenters. The van der Waals surface area contributed by atoms with Crippen molar-refractivity contribution in [3.63, 3.8) is 0 Å². The summed E-state index contributed by atoms with van der Waals surface area (Å²) < 4.78 is 23.4. The average molecular weight is 349 g/mol. The largest absolute Gasteiger partial charge is 0.388 e. The Hall–Kier alpha value is -0.910. The van der Waals surface area contributed by atoms with Gasteiger partial charge in [-0.15, -0.1) is 0 Å². The number of aryl methyl sites for hydroxylation is 1. The lowest BCUT2D eigenvalue weighted by atomic mass is 9.85. The highest BCUT2D eigenvalue weighted by molar-refractivity contribution is 7.91. The van der Waals surface area contributed by atoms with Crippen molar-refractivity contribution in [2.24, 2.45) is 0 Å². The molecular weight excluding hydrogens is 322 g/mol. The highest BCUT2D eigenvalue weighted by atomic mass is 32.2. The molecule has 5 heteroatoms. The second-order valence-corrected chi connectivity index (χ2v) is 10.2. The predicted molar refractivity (Wildman–Crippen MR) is 94.7 cm³/mol. The quantitative estimate of drug-likeness (QED) is 0.907. The zero-order valence-electron chi connectivity index (χ0n) is 14.2. The summed E-state index contributed by atoms with van der Waals surface area (Å²) in [4.78, 5) is 2.50. The smallest absolute Gasteiger partial charge is 0.150 e. The van der Waals surface area contributed by atoms with Crippen LogP contribution in [0.15, 0.2) is 24.3 Å². The lowest BCUT2D eigenvalue weighted by Gasteiger charge is -2.42. The third-order valence-electron chi connectivity index (χ3n) is 5.99. The van der Waals surface area contributed by atoms with Crippen LogP contribution in [-0.4, -0.2) is 48.1 Å². The molecule has 0 bridgehead atoms. The van der Waals surface area contributed by atoms with E-state index >= 15 is 0 Å². The first kappa shape index (κ1) is 16.6. The Morgan fingerprint density at radius 1 is 1.12 bits per heavy atom. The molecule has 1 aliphatic heterocycles. The predicted octanol–water partition coefficient (Wildman–Crippen LogP) is 2.47. The molecule has 3 aliphatic rings. The molecular formula is C19H27NO3S. The maximum atomic E-state index is 11.7. The van der Waals surface area contributed by atoms with E-state index in [4.69, 9.17) is 0 Å². The van der Waals surface area contributed by atoms with Crippen molar-refractivity contribution in [1.82, 2.24) is 4.90 Å². The van der Waals surface area contributed by atoms with Gasteiger partial charge in [-0.1, -0.05) is 24.3 Å². The van der Waals surface area contributed by atoms with Gasteiger partial charge in [0.25, 0.3) is 0 Å². The van der Waals surface area contributed by atoms with Crippen LogP contribution in [0, 0.1) is 0 Å². The summed E-state index contributed by atoms with van der Waals surface area (Å²) in [5.74, 6) is 0.256. The first-order valence-electron chi connectivity index (χ1n) is 9.22. The zero-order chi connectivity index (χ0) is 16.8. The first-order valence-corrected chi connectivity index (χ1v) is 11.0. The van der Waals surface area contributed by atoms with Gasteiger partial charge in [0, 0.05) is 18.6 Å². The fourth-order valence-corrected chi connectivity index (χ4v) is 5.97. The second-order valence-electron chi connectivity index (χ2n) is 7.89. The molecule has 1 saturated heterocycles. The standard InChI is InChI=1S/C19H27NO3S/c21-19(10-12-24(22,23)13-11-19)14-20(16-8-9-16)18-7-3-5-15-4-1-2-6-17(15)18/h1-2,4,6,16,18,21H,3,5,7-14H2. The summed E-state index contributed by atoms with van der Waals surface area (Å²) in [6, 6.07) is 9.64. The SMILES string of the molecule is O=S1(=O)CCC(O)(CN(C2CC2)C2CCCc3ccccc32)CC1. The third-order valence-corrected chi connectivity index (χ3v) is 7.64. The Morgan fingerprint density at radius 3 is 2.54 bits per heavy atom. The molecule has 4 rings (SSSR count). The molecule has 1 aromatic carbocycles. The van der Waals surface area contributed by atoms with Crippen molar-refractivity contribution < 1.29 is 13.5 Å². The van der Waals surface area contributed by atoms with Crippen LogP contribution in [-0.2, 0) is 16.3 Å². The van der Waals surface area contributed by atoms with Gasteiger partial charge in [-0.25, -0.2) is 8.42 Å². The van der Waals surface area contributed by atoms with Crippen LogP contribution in [0.3, 0.4) is 0 Å². The zero-order valence-corrected chi connectivity index (χ0v) is 15.0. The van der Waals surface area contributed by atoms with Crippen molar-refractivity contribution in [1.29, 1.82) is 0 Å². The molecule has 0 amide bonds. The van der Waals surface area contributed by atoms with E-state index in [0.29, 0.717) is 31.5 Å². The van der Waals surface area contributed by atoms with Gasteiger partial charge in [0.15, 0.2) is 9.84 Å². The molecule has 1 aromatic rings. The van der Waals surface area contributed by atoms with Crippen LogP contribution in [0.2, 0.25) is 0 Å². The molecule has 2 aliphatic carbocycles. The Balaban J connectivity index is 1.56. The topological polar surface area (TPSA) is 57.6 Å². The van der Waals surface area contributed by atoms with Crippen LogP contribution in [0.1, 0.15) is 55.7 Å². The minimum atomic E-state index is -2.95. The maximum Gasteiger partial charge on any atom is 0.150 e. The number of sulfone groups is 1. The number of aliphatic hydroxyl groups is 1. The van der Waals surface area contributed by atoms with Gasteiger partial charge in [-0.05, 0) is 56.1 Å². The minimum Gasteiger partial charge on any atom is -0.388 e. The molecule has 132 valence electrons. The second kappa shape index (κ2) is 6.11.